The third kappa shape index (κ3) is 3.59. The smallest absolute Gasteiger partial charge is 1.00 e. The Hall–Kier alpha value is -0.617. The second-order valence-corrected chi connectivity index (χ2v) is 14.0. The van der Waals surface area contributed by atoms with Crippen molar-refractivity contribution < 1.29 is 48.0 Å². The summed E-state index contributed by atoms with van der Waals surface area (Å²) < 4.78 is 2.55. The van der Waals surface area contributed by atoms with Gasteiger partial charge in [-0.1, -0.05) is 0 Å². The fraction of sp³-hybridized carbons (Fsp3) is 0.429. The number of hydrogen-bond acceptors (Lipinski definition) is 0. The Morgan fingerprint density at radius 1 is 0.677 bits per heavy atom. The molecule has 31 heavy (non-hydrogen) atoms. The summed E-state index contributed by atoms with van der Waals surface area (Å²) >= 11 is -0.678. The van der Waals surface area contributed by atoms with Crippen molar-refractivity contribution in [2.75, 3.05) is 0 Å². The molecule has 3 heteroatoms. The molecule has 0 aromatic heterocycles. The molecule has 4 fully saturated rings. The first-order valence-electron chi connectivity index (χ1n) is 11.7. The Bertz CT molecular complexity index is 979. The molecule has 2 aromatic rings. The van der Waals surface area contributed by atoms with Gasteiger partial charge in [0.25, 0.3) is 0 Å². The van der Waals surface area contributed by atoms with E-state index in [1.165, 1.54) is 17.5 Å². The van der Waals surface area contributed by atoms with Crippen molar-refractivity contribution in [2.24, 2.45) is 29.6 Å². The van der Waals surface area contributed by atoms with E-state index in [9.17, 15) is 0 Å². The molecule has 8 rings (SSSR count). The Balaban J connectivity index is 0.00000102. The predicted octanol–water partition coefficient (Wildman–Crippen LogP) is 1.13. The van der Waals surface area contributed by atoms with Crippen molar-refractivity contribution in [3.05, 3.63) is 80.7 Å². The molecule has 0 nitrogen and oxygen atoms in total. The van der Waals surface area contributed by atoms with Gasteiger partial charge in [-0.3, -0.25) is 0 Å². The molecule has 0 unspecified atom stereocenters. The van der Waals surface area contributed by atoms with Crippen LogP contribution in [0.15, 0.2) is 69.5 Å². The monoisotopic (exact) mass is 524 g/mol. The average Bonchev–Trinajstić information content (AvgIpc) is 3.31. The van der Waals surface area contributed by atoms with Crippen LogP contribution in [0.5, 0.6) is 0 Å². The Morgan fingerprint density at radius 3 is 1.81 bits per heavy atom. The van der Waals surface area contributed by atoms with Crippen molar-refractivity contribution in [3.63, 3.8) is 0 Å². The number of fused-ring (bicyclic) bond motifs is 3. The Kier molecular flexibility index (Phi) is 6.17. The van der Waals surface area contributed by atoms with Crippen LogP contribution in [-0.4, -0.2) is 0 Å². The number of benzene rings is 2. The number of rotatable bonds is 3. The SMILES string of the molecule is C1=[C]([Zr+2][CH]2c3ccccc3-c3ccccc32)CC=C1C1C2CC3CC(C2)CC1C3.[Cl-].[Cl-]. The molecule has 0 spiro atoms. The summed E-state index contributed by atoms with van der Waals surface area (Å²) in [4.78, 5) is 0. The molecule has 0 radical (unpaired) electrons. The van der Waals surface area contributed by atoms with Crippen LogP contribution in [0, 0.1) is 29.6 Å². The van der Waals surface area contributed by atoms with Crippen molar-refractivity contribution in [1.29, 1.82) is 0 Å². The van der Waals surface area contributed by atoms with Gasteiger partial charge in [0.15, 0.2) is 0 Å². The normalized spacial score (nSPS) is 31.7. The Labute approximate surface area is 210 Å². The van der Waals surface area contributed by atoms with Crippen LogP contribution in [0.3, 0.4) is 0 Å². The van der Waals surface area contributed by atoms with Gasteiger partial charge in [-0.25, -0.2) is 0 Å². The van der Waals surface area contributed by atoms with Crippen molar-refractivity contribution in [1.82, 2.24) is 0 Å². The molecule has 0 N–H and O–H groups in total. The van der Waals surface area contributed by atoms with Crippen LogP contribution in [0.25, 0.3) is 11.1 Å². The van der Waals surface area contributed by atoms with Crippen LogP contribution in [-0.2, 0) is 23.2 Å². The van der Waals surface area contributed by atoms with Gasteiger partial charge in [0, 0.05) is 0 Å². The molecule has 0 amide bonds. The zero-order valence-corrected chi connectivity index (χ0v) is 21.7. The maximum atomic E-state index is 2.72. The molecule has 158 valence electrons. The molecule has 0 aliphatic heterocycles. The van der Waals surface area contributed by atoms with E-state index in [-0.39, 0.29) is 24.8 Å². The first-order valence-corrected chi connectivity index (χ1v) is 14.3. The first-order chi connectivity index (χ1) is 14.3. The number of halogens is 2. The topological polar surface area (TPSA) is 0 Å². The van der Waals surface area contributed by atoms with Gasteiger partial charge >= 0.3 is 187 Å². The quantitative estimate of drug-likeness (QED) is 0.563. The maximum Gasteiger partial charge on any atom is -1.00 e. The predicted molar refractivity (Wildman–Crippen MR) is 115 cm³/mol. The second kappa shape index (κ2) is 8.63. The van der Waals surface area contributed by atoms with Crippen LogP contribution in [0.4, 0.5) is 0 Å². The number of hydrogen-bond donors (Lipinski definition) is 0. The van der Waals surface area contributed by atoms with E-state index in [0.29, 0.717) is 3.63 Å². The van der Waals surface area contributed by atoms with Crippen LogP contribution < -0.4 is 24.8 Å². The van der Waals surface area contributed by atoms with Crippen molar-refractivity contribution in [3.8, 4) is 11.1 Å². The van der Waals surface area contributed by atoms with E-state index < -0.39 is 23.2 Å². The average molecular weight is 527 g/mol. The summed E-state index contributed by atoms with van der Waals surface area (Å²) in [5.41, 5.74) is 8.01. The fourth-order valence-electron chi connectivity index (χ4n) is 7.85. The van der Waals surface area contributed by atoms with E-state index in [2.05, 4.69) is 60.7 Å². The standard InChI is InChI=1S/C15H19.C13H9.2ClH.Zr/c1-2-4-12(3-1)15-13-6-10-5-11(8-13)9-14(15)7-10;1-3-7-12-10(5-1)9-11-6-2-4-8-13(11)12;;;/h3-4,10-11,13-15H,1,5-9H2;1-9H;2*1H;/q;;;;+2/p-2. The summed E-state index contributed by atoms with van der Waals surface area (Å²) in [6, 6.07) is 18.4. The molecule has 0 heterocycles. The fourth-order valence-corrected chi connectivity index (χ4v) is 11.9. The van der Waals surface area contributed by atoms with Gasteiger partial charge in [-0.15, -0.1) is 0 Å². The minimum Gasteiger partial charge on any atom is -1.00 e. The van der Waals surface area contributed by atoms with Crippen LogP contribution >= 0.6 is 0 Å². The maximum absolute atomic E-state index is 2.72. The Morgan fingerprint density at radius 2 is 1.23 bits per heavy atom. The molecule has 6 aliphatic rings. The molecular weight excluding hydrogens is 498 g/mol. The summed E-state index contributed by atoms with van der Waals surface area (Å²) in [5.74, 6) is 5.13. The summed E-state index contributed by atoms with van der Waals surface area (Å²) in [5, 5.41) is 0. The molecule has 0 atom stereocenters. The van der Waals surface area contributed by atoms with Crippen molar-refractivity contribution >= 4 is 0 Å². The summed E-state index contributed by atoms with van der Waals surface area (Å²) in [6.45, 7) is 0. The van der Waals surface area contributed by atoms with E-state index in [0.717, 1.165) is 29.6 Å². The third-order valence-corrected chi connectivity index (χ3v) is 12.7. The molecule has 2 aromatic carbocycles. The van der Waals surface area contributed by atoms with Gasteiger partial charge in [0.1, 0.15) is 0 Å². The largest absolute Gasteiger partial charge is 1.00 e. The minimum absolute atomic E-state index is 0. The van der Waals surface area contributed by atoms with Gasteiger partial charge in [-0.2, -0.15) is 0 Å². The number of allylic oxidation sites excluding steroid dienone is 4. The third-order valence-electron chi connectivity index (χ3n) is 8.67. The second-order valence-electron chi connectivity index (χ2n) is 10.3. The molecule has 4 saturated carbocycles. The van der Waals surface area contributed by atoms with E-state index >= 15 is 0 Å². The van der Waals surface area contributed by atoms with Crippen LogP contribution in [0.2, 0.25) is 0 Å². The zero-order valence-electron chi connectivity index (χ0n) is 17.7. The molecular formula is C28H28Cl2Zr. The van der Waals surface area contributed by atoms with Gasteiger partial charge in [0.2, 0.25) is 0 Å². The molecule has 6 aliphatic carbocycles. The van der Waals surface area contributed by atoms with Gasteiger partial charge in [0.05, 0.1) is 0 Å². The van der Waals surface area contributed by atoms with Crippen molar-refractivity contribution in [2.45, 2.75) is 42.2 Å². The first kappa shape index (κ1) is 22.2. The summed E-state index contributed by atoms with van der Waals surface area (Å²) in [7, 11) is 0. The molecule has 0 saturated heterocycles. The van der Waals surface area contributed by atoms with Gasteiger partial charge < -0.3 is 24.8 Å². The molecule has 4 bridgehead atoms. The van der Waals surface area contributed by atoms with E-state index in [4.69, 9.17) is 0 Å². The minimum atomic E-state index is -0.678. The van der Waals surface area contributed by atoms with E-state index in [1.54, 1.807) is 48.8 Å². The van der Waals surface area contributed by atoms with Crippen LogP contribution in [0.1, 0.15) is 53.3 Å². The van der Waals surface area contributed by atoms with E-state index in [1.807, 2.05) is 3.28 Å². The van der Waals surface area contributed by atoms with Gasteiger partial charge in [-0.05, 0) is 0 Å². The zero-order chi connectivity index (χ0) is 18.9. The summed E-state index contributed by atoms with van der Waals surface area (Å²) in [6.07, 6.45) is 14.4.